The normalized spacial score (nSPS) is 19.0. The first-order valence-corrected chi connectivity index (χ1v) is 20.8. The maximum atomic E-state index is 15.4. The molecule has 3 heterocycles. The molecule has 208 valence electrons. The van der Waals surface area contributed by atoms with Crippen molar-refractivity contribution in [1.82, 2.24) is 4.98 Å². The molecule has 1 N–H and O–H groups in total. The first-order chi connectivity index (χ1) is 18.4. The van der Waals surface area contributed by atoms with Gasteiger partial charge >= 0.3 is 0 Å². The molecule has 0 aliphatic carbocycles. The zero-order chi connectivity index (χ0) is 28.2. The van der Waals surface area contributed by atoms with Crippen molar-refractivity contribution in [3.63, 3.8) is 0 Å². The molecular formula is C32H33NO3PPtSi2-. The summed E-state index contributed by atoms with van der Waals surface area (Å²) in [5, 5.41) is 16.7. The Morgan fingerprint density at radius 3 is 1.90 bits per heavy atom. The molecule has 0 radical (unpaired) electrons. The van der Waals surface area contributed by atoms with Crippen LogP contribution in [0.2, 0.25) is 26.2 Å². The second kappa shape index (κ2) is 11.0. The van der Waals surface area contributed by atoms with Crippen LogP contribution in [-0.4, -0.2) is 32.0 Å². The fourth-order valence-corrected chi connectivity index (χ4v) is 19.7. The summed E-state index contributed by atoms with van der Waals surface area (Å²) in [6.45, 7) is 12.4. The molecule has 0 spiro atoms. The SMILES string of the molecule is CC(=O)/C=C(/C)O.C[Si]1(C)c2[c-]c(-c3ccccn3)cc3c2P(=O)(c2ccccc21)c1ccccc1[Si]3(C)C.[Pt]. The number of carbonyl (C=O) groups is 1. The summed E-state index contributed by atoms with van der Waals surface area (Å²) in [6.07, 6.45) is 3.01. The number of pyridine rings is 1. The molecule has 6 rings (SSSR count). The van der Waals surface area contributed by atoms with Gasteiger partial charge in [0, 0.05) is 43.9 Å². The molecule has 2 aliphatic rings. The molecule has 3 aromatic carbocycles. The number of allylic oxidation sites excluding steroid dienone is 2. The number of benzene rings is 3. The van der Waals surface area contributed by atoms with Gasteiger partial charge < -0.3 is 14.7 Å². The van der Waals surface area contributed by atoms with Gasteiger partial charge in [-0.15, -0.1) is 28.1 Å². The summed E-state index contributed by atoms with van der Waals surface area (Å²) >= 11 is 0. The van der Waals surface area contributed by atoms with Crippen LogP contribution in [-0.2, 0) is 30.4 Å². The Bertz CT molecular complexity index is 1610. The molecule has 1 atom stereocenters. The third-order valence-corrected chi connectivity index (χ3v) is 18.8. The number of aliphatic hydroxyl groups is 1. The van der Waals surface area contributed by atoms with E-state index in [1.165, 1.54) is 40.7 Å². The van der Waals surface area contributed by atoms with Gasteiger partial charge in [0.2, 0.25) is 0 Å². The van der Waals surface area contributed by atoms with E-state index in [2.05, 4.69) is 97.9 Å². The summed E-state index contributed by atoms with van der Waals surface area (Å²) in [7, 11) is -7.16. The second-order valence-electron chi connectivity index (χ2n) is 11.3. The maximum Gasteiger partial charge on any atom is 0.155 e. The number of aliphatic hydroxyl groups excluding tert-OH is 1. The average Bonchev–Trinajstić information content (AvgIpc) is 2.91. The number of nitrogens with zero attached hydrogens (tertiary/aromatic N) is 1. The fraction of sp³-hybridized carbons (Fsp3) is 0.188. The summed E-state index contributed by atoms with van der Waals surface area (Å²) < 4.78 is 15.4. The number of ketones is 1. The van der Waals surface area contributed by atoms with Crippen LogP contribution in [0.25, 0.3) is 11.3 Å². The number of aromatic nitrogens is 1. The van der Waals surface area contributed by atoms with E-state index in [1.54, 1.807) is 0 Å². The average molecular weight is 762 g/mol. The molecule has 0 saturated heterocycles. The molecule has 4 nitrogen and oxygen atoms in total. The largest absolute Gasteiger partial charge is 0.512 e. The third kappa shape index (κ3) is 4.79. The Morgan fingerprint density at radius 2 is 1.40 bits per heavy atom. The monoisotopic (exact) mass is 761 g/mol. The Morgan fingerprint density at radius 1 is 0.850 bits per heavy atom. The molecular weight excluding hydrogens is 729 g/mol. The fourth-order valence-electron chi connectivity index (χ4n) is 5.99. The first-order valence-electron chi connectivity index (χ1n) is 13.1. The molecule has 4 aromatic rings. The van der Waals surface area contributed by atoms with E-state index in [0.717, 1.165) is 27.2 Å². The minimum atomic E-state index is -2.97. The van der Waals surface area contributed by atoms with Crippen molar-refractivity contribution in [2.24, 2.45) is 0 Å². The van der Waals surface area contributed by atoms with Crippen LogP contribution in [0.5, 0.6) is 0 Å². The zero-order valence-electron chi connectivity index (χ0n) is 23.6. The molecule has 40 heavy (non-hydrogen) atoms. The van der Waals surface area contributed by atoms with Crippen LogP contribution in [0.15, 0.2) is 90.8 Å². The summed E-state index contributed by atoms with van der Waals surface area (Å²) in [5.41, 5.74) is 1.97. The topological polar surface area (TPSA) is 67.3 Å². The number of hydrogen-bond acceptors (Lipinski definition) is 4. The molecule has 0 bridgehead atoms. The van der Waals surface area contributed by atoms with Crippen LogP contribution < -0.4 is 36.7 Å². The van der Waals surface area contributed by atoms with E-state index in [9.17, 15) is 4.79 Å². The van der Waals surface area contributed by atoms with Crippen molar-refractivity contribution in [3.05, 3.63) is 96.9 Å². The standard InChI is InChI=1S/C27H25NOPSi2.C5H8O2.Pt/c1-31(2)23-14-7-5-12-21(23)30(29)22-13-6-8-15-24(22)32(3,4)26-18-19(17-25(31)27(26)30)20-11-9-10-16-28-20;1-4(6)3-5(2)7;/h5-17H,1-4H3;3,6H,1-2H3;/q-1;;/b;4-3-;. The van der Waals surface area contributed by atoms with Gasteiger partial charge in [-0.25, -0.2) is 0 Å². The molecule has 8 heteroatoms. The van der Waals surface area contributed by atoms with Gasteiger partial charge in [0.05, 0.1) is 21.9 Å². The van der Waals surface area contributed by atoms with E-state index < -0.39 is 23.3 Å². The second-order valence-corrected chi connectivity index (χ2v) is 22.6. The maximum absolute atomic E-state index is 15.4. The molecule has 0 fully saturated rings. The molecule has 0 saturated carbocycles. The Kier molecular flexibility index (Phi) is 8.33. The quantitative estimate of drug-likeness (QED) is 0.112. The zero-order valence-corrected chi connectivity index (χ0v) is 28.7. The van der Waals surface area contributed by atoms with Crippen molar-refractivity contribution < 1.29 is 35.5 Å². The van der Waals surface area contributed by atoms with Gasteiger partial charge in [-0.1, -0.05) is 92.2 Å². The van der Waals surface area contributed by atoms with E-state index in [1.807, 2.05) is 18.3 Å². The van der Waals surface area contributed by atoms with E-state index in [0.29, 0.717) is 0 Å². The van der Waals surface area contributed by atoms with Crippen molar-refractivity contribution >= 4 is 65.7 Å². The van der Waals surface area contributed by atoms with Gasteiger partial charge in [-0.3, -0.25) is 4.79 Å². The summed E-state index contributed by atoms with van der Waals surface area (Å²) in [5.74, 6) is -0.0625. The minimum Gasteiger partial charge on any atom is -0.512 e. The van der Waals surface area contributed by atoms with Gasteiger partial charge in [-0.05, 0) is 36.0 Å². The van der Waals surface area contributed by atoms with E-state index in [-0.39, 0.29) is 32.6 Å². The molecule has 1 unspecified atom stereocenters. The Hall–Kier alpha value is -2.63. The number of carbonyl (C=O) groups excluding carboxylic acids is 1. The van der Waals surface area contributed by atoms with Crippen molar-refractivity contribution in [2.45, 2.75) is 40.0 Å². The van der Waals surface area contributed by atoms with Crippen molar-refractivity contribution in [2.75, 3.05) is 0 Å². The van der Waals surface area contributed by atoms with Crippen molar-refractivity contribution in [3.8, 4) is 11.3 Å². The molecule has 2 aliphatic heterocycles. The van der Waals surface area contributed by atoms with Crippen LogP contribution in [0.3, 0.4) is 0 Å². The Balaban J connectivity index is 0.000000413. The van der Waals surface area contributed by atoms with Gasteiger partial charge in [0.25, 0.3) is 0 Å². The van der Waals surface area contributed by atoms with Crippen LogP contribution in [0.4, 0.5) is 0 Å². The number of fused-ring (bicyclic) bond motifs is 4. The number of rotatable bonds is 2. The molecule has 1 aromatic heterocycles. The predicted octanol–water partition coefficient (Wildman–Crippen LogP) is 3.49. The third-order valence-electron chi connectivity index (χ3n) is 7.84. The van der Waals surface area contributed by atoms with Crippen LogP contribution in [0, 0.1) is 6.07 Å². The van der Waals surface area contributed by atoms with Crippen LogP contribution >= 0.6 is 7.14 Å². The van der Waals surface area contributed by atoms with Gasteiger partial charge in [0.1, 0.15) is 7.14 Å². The Labute approximate surface area is 253 Å². The summed E-state index contributed by atoms with van der Waals surface area (Å²) in [4.78, 5) is 14.7. The van der Waals surface area contributed by atoms with E-state index in [4.69, 9.17) is 5.11 Å². The van der Waals surface area contributed by atoms with Crippen LogP contribution in [0.1, 0.15) is 13.8 Å². The number of hydrogen-bond donors (Lipinski definition) is 1. The minimum absolute atomic E-state index is 0. The molecule has 0 amide bonds. The van der Waals surface area contributed by atoms with Gasteiger partial charge in [-0.2, -0.15) is 0 Å². The van der Waals surface area contributed by atoms with Crippen molar-refractivity contribution in [1.29, 1.82) is 0 Å². The van der Waals surface area contributed by atoms with E-state index >= 15 is 4.57 Å². The predicted molar refractivity (Wildman–Crippen MR) is 168 cm³/mol. The van der Waals surface area contributed by atoms with Gasteiger partial charge in [0.15, 0.2) is 5.78 Å². The summed E-state index contributed by atoms with van der Waals surface area (Å²) in [6, 6.07) is 29.1. The first kappa shape index (κ1) is 30.3. The smallest absolute Gasteiger partial charge is 0.155 e.